The standard InChI is InChI=1S/C11H10N4S/c1-15-7-9(6-14-15)16-11-3-2-8(5-12)4-10(11)13/h2-4,6-7H,13H2,1H3. The van der Waals surface area contributed by atoms with E-state index in [4.69, 9.17) is 11.0 Å². The van der Waals surface area contributed by atoms with Crippen molar-refractivity contribution in [2.45, 2.75) is 9.79 Å². The van der Waals surface area contributed by atoms with Gasteiger partial charge in [-0.1, -0.05) is 11.8 Å². The second kappa shape index (κ2) is 4.29. The van der Waals surface area contributed by atoms with Crippen LogP contribution in [0.5, 0.6) is 0 Å². The molecule has 1 aromatic heterocycles. The molecule has 2 aromatic rings. The number of aryl methyl sites for hydroxylation is 1. The van der Waals surface area contributed by atoms with Crippen molar-refractivity contribution in [1.29, 1.82) is 5.26 Å². The van der Waals surface area contributed by atoms with Crippen molar-refractivity contribution in [3.8, 4) is 6.07 Å². The number of hydrogen-bond acceptors (Lipinski definition) is 4. The fourth-order valence-corrected chi connectivity index (χ4v) is 2.16. The monoisotopic (exact) mass is 230 g/mol. The lowest BCUT2D eigenvalue weighted by Crippen LogP contribution is -1.89. The summed E-state index contributed by atoms with van der Waals surface area (Å²) in [4.78, 5) is 1.96. The summed E-state index contributed by atoms with van der Waals surface area (Å²) in [5.74, 6) is 0. The van der Waals surface area contributed by atoms with Crippen molar-refractivity contribution < 1.29 is 0 Å². The Morgan fingerprint density at radius 1 is 1.50 bits per heavy atom. The number of nitrogens with two attached hydrogens (primary N) is 1. The van der Waals surface area contributed by atoms with Crippen LogP contribution in [0.15, 0.2) is 40.4 Å². The molecule has 0 aliphatic carbocycles. The van der Waals surface area contributed by atoms with E-state index in [0.29, 0.717) is 11.3 Å². The summed E-state index contributed by atoms with van der Waals surface area (Å²) in [6, 6.07) is 7.35. The first-order chi connectivity index (χ1) is 7.69. The molecule has 5 heteroatoms. The summed E-state index contributed by atoms with van der Waals surface area (Å²) in [6.45, 7) is 0. The number of benzene rings is 1. The van der Waals surface area contributed by atoms with E-state index >= 15 is 0 Å². The van der Waals surface area contributed by atoms with Crippen LogP contribution in [0.25, 0.3) is 0 Å². The van der Waals surface area contributed by atoms with Crippen LogP contribution in [-0.2, 0) is 7.05 Å². The van der Waals surface area contributed by atoms with Crippen LogP contribution in [0.2, 0.25) is 0 Å². The van der Waals surface area contributed by atoms with E-state index in [2.05, 4.69) is 11.2 Å². The third-order valence-electron chi connectivity index (χ3n) is 2.05. The van der Waals surface area contributed by atoms with Gasteiger partial charge in [0.05, 0.1) is 22.7 Å². The van der Waals surface area contributed by atoms with Gasteiger partial charge in [-0.05, 0) is 18.2 Å². The Kier molecular flexibility index (Phi) is 2.84. The summed E-state index contributed by atoms with van der Waals surface area (Å²) in [5.41, 5.74) is 7.05. The highest BCUT2D eigenvalue weighted by atomic mass is 32.2. The molecule has 0 unspecified atom stereocenters. The molecule has 0 amide bonds. The third kappa shape index (κ3) is 2.18. The average molecular weight is 230 g/mol. The highest BCUT2D eigenvalue weighted by Crippen LogP contribution is 2.31. The van der Waals surface area contributed by atoms with Crippen LogP contribution in [0, 0.1) is 11.3 Å². The Labute approximate surface area is 97.7 Å². The largest absolute Gasteiger partial charge is 0.398 e. The second-order valence-corrected chi connectivity index (χ2v) is 4.43. The first-order valence-electron chi connectivity index (χ1n) is 4.65. The molecular weight excluding hydrogens is 220 g/mol. The van der Waals surface area contributed by atoms with Crippen LogP contribution in [0.4, 0.5) is 5.69 Å². The van der Waals surface area contributed by atoms with Crippen LogP contribution >= 0.6 is 11.8 Å². The first-order valence-corrected chi connectivity index (χ1v) is 5.47. The molecule has 0 spiro atoms. The Morgan fingerprint density at radius 2 is 2.31 bits per heavy atom. The molecule has 0 atom stereocenters. The van der Waals surface area contributed by atoms with Gasteiger partial charge in [-0.2, -0.15) is 10.4 Å². The molecule has 4 nitrogen and oxygen atoms in total. The normalized spacial score (nSPS) is 10.0. The van der Waals surface area contributed by atoms with E-state index in [-0.39, 0.29) is 0 Å². The van der Waals surface area contributed by atoms with E-state index in [1.54, 1.807) is 23.0 Å². The molecule has 0 saturated carbocycles. The van der Waals surface area contributed by atoms with Gasteiger partial charge in [-0.25, -0.2) is 0 Å². The van der Waals surface area contributed by atoms with E-state index in [9.17, 15) is 0 Å². The summed E-state index contributed by atoms with van der Waals surface area (Å²) in [5, 5.41) is 12.8. The van der Waals surface area contributed by atoms with Gasteiger partial charge in [0.15, 0.2) is 0 Å². The Morgan fingerprint density at radius 3 is 2.88 bits per heavy atom. The minimum Gasteiger partial charge on any atom is -0.398 e. The van der Waals surface area contributed by atoms with Crippen molar-refractivity contribution in [2.24, 2.45) is 7.05 Å². The van der Waals surface area contributed by atoms with Crippen LogP contribution in [0.1, 0.15) is 5.56 Å². The van der Waals surface area contributed by atoms with Crippen molar-refractivity contribution in [3.63, 3.8) is 0 Å². The number of aromatic nitrogens is 2. The number of rotatable bonds is 2. The molecular formula is C11H10N4S. The van der Waals surface area contributed by atoms with Gasteiger partial charge >= 0.3 is 0 Å². The highest BCUT2D eigenvalue weighted by molar-refractivity contribution is 7.99. The number of nitriles is 1. The molecule has 2 N–H and O–H groups in total. The van der Waals surface area contributed by atoms with Gasteiger partial charge in [0, 0.05) is 23.8 Å². The number of nitrogen functional groups attached to an aromatic ring is 1. The quantitative estimate of drug-likeness (QED) is 0.801. The molecule has 0 aliphatic heterocycles. The molecule has 0 aliphatic rings. The maximum absolute atomic E-state index is 8.72. The van der Waals surface area contributed by atoms with Crippen molar-refractivity contribution in [2.75, 3.05) is 5.73 Å². The molecule has 0 fully saturated rings. The van der Waals surface area contributed by atoms with Crippen molar-refractivity contribution in [1.82, 2.24) is 9.78 Å². The van der Waals surface area contributed by atoms with Gasteiger partial charge in [-0.15, -0.1) is 0 Å². The Bertz CT molecular complexity index is 553. The maximum Gasteiger partial charge on any atom is 0.0992 e. The summed E-state index contributed by atoms with van der Waals surface area (Å²) in [6.07, 6.45) is 3.70. The zero-order valence-corrected chi connectivity index (χ0v) is 9.53. The van der Waals surface area contributed by atoms with Gasteiger partial charge in [0.2, 0.25) is 0 Å². The summed E-state index contributed by atoms with van der Waals surface area (Å²) < 4.78 is 1.74. The maximum atomic E-state index is 8.72. The number of hydrogen-bond donors (Lipinski definition) is 1. The van der Waals surface area contributed by atoms with Crippen LogP contribution in [0.3, 0.4) is 0 Å². The molecule has 0 radical (unpaired) electrons. The molecule has 16 heavy (non-hydrogen) atoms. The number of nitrogens with zero attached hydrogens (tertiary/aromatic N) is 3. The summed E-state index contributed by atoms with van der Waals surface area (Å²) >= 11 is 1.54. The van der Waals surface area contributed by atoms with E-state index in [1.165, 1.54) is 11.8 Å². The lowest BCUT2D eigenvalue weighted by atomic mass is 10.2. The van der Waals surface area contributed by atoms with Crippen molar-refractivity contribution >= 4 is 17.4 Å². The SMILES string of the molecule is Cn1cc(Sc2ccc(C#N)cc2N)cn1. The molecule has 1 aromatic carbocycles. The Hall–Kier alpha value is -1.93. The highest BCUT2D eigenvalue weighted by Gasteiger charge is 2.04. The lowest BCUT2D eigenvalue weighted by molar-refractivity contribution is 0.766. The number of anilines is 1. The molecule has 2 rings (SSSR count). The van der Waals surface area contributed by atoms with E-state index in [0.717, 1.165) is 9.79 Å². The fourth-order valence-electron chi connectivity index (χ4n) is 1.29. The average Bonchev–Trinajstić information content (AvgIpc) is 2.67. The minimum atomic E-state index is 0.577. The van der Waals surface area contributed by atoms with Gasteiger partial charge < -0.3 is 5.73 Å². The Balaban J connectivity index is 2.26. The first kappa shape index (κ1) is 10.6. The smallest absolute Gasteiger partial charge is 0.0992 e. The minimum absolute atomic E-state index is 0.577. The van der Waals surface area contributed by atoms with Crippen molar-refractivity contribution in [3.05, 3.63) is 36.2 Å². The molecule has 1 heterocycles. The second-order valence-electron chi connectivity index (χ2n) is 3.32. The van der Waals surface area contributed by atoms with Crippen LogP contribution < -0.4 is 5.73 Å². The lowest BCUT2D eigenvalue weighted by Gasteiger charge is -2.03. The van der Waals surface area contributed by atoms with E-state index in [1.807, 2.05) is 19.3 Å². The van der Waals surface area contributed by atoms with E-state index < -0.39 is 0 Å². The molecule has 80 valence electrons. The third-order valence-corrected chi connectivity index (χ3v) is 3.09. The van der Waals surface area contributed by atoms with Gasteiger partial charge in [-0.3, -0.25) is 4.68 Å². The molecule has 0 saturated heterocycles. The predicted molar refractivity (Wildman–Crippen MR) is 62.9 cm³/mol. The zero-order chi connectivity index (χ0) is 11.5. The topological polar surface area (TPSA) is 67.6 Å². The van der Waals surface area contributed by atoms with Crippen LogP contribution in [-0.4, -0.2) is 9.78 Å². The van der Waals surface area contributed by atoms with Gasteiger partial charge in [0.1, 0.15) is 0 Å². The molecule has 0 bridgehead atoms. The van der Waals surface area contributed by atoms with Gasteiger partial charge in [0.25, 0.3) is 0 Å². The fraction of sp³-hybridized carbons (Fsp3) is 0.0909. The zero-order valence-electron chi connectivity index (χ0n) is 8.71. The summed E-state index contributed by atoms with van der Waals surface area (Å²) in [7, 11) is 1.87. The predicted octanol–water partition coefficient (Wildman–Crippen LogP) is 2.03.